The summed E-state index contributed by atoms with van der Waals surface area (Å²) in [6.45, 7) is 5.42. The van der Waals surface area contributed by atoms with Gasteiger partial charge in [0.15, 0.2) is 0 Å². The molecule has 2 heterocycles. The molecule has 0 radical (unpaired) electrons. The van der Waals surface area contributed by atoms with Crippen LogP contribution in [0.15, 0.2) is 24.3 Å². The monoisotopic (exact) mass is 301 g/mol. The average Bonchev–Trinajstić information content (AvgIpc) is 3.20. The number of nitrogens with one attached hydrogen (secondary N) is 2. The van der Waals surface area contributed by atoms with E-state index < -0.39 is 0 Å². The number of carbonyl (C=O) groups excluding carboxylic acids is 1. The second kappa shape index (κ2) is 7.14. The third kappa shape index (κ3) is 3.80. The maximum atomic E-state index is 12.2. The zero-order valence-electron chi connectivity index (χ0n) is 13.5. The minimum Gasteiger partial charge on any atom is -0.372 e. The van der Waals surface area contributed by atoms with E-state index in [9.17, 15) is 4.79 Å². The Hall–Kier alpha value is -1.55. The predicted molar refractivity (Wildman–Crippen MR) is 90.1 cm³/mol. The molecule has 0 bridgehead atoms. The van der Waals surface area contributed by atoms with Crippen LogP contribution in [-0.4, -0.2) is 31.6 Å². The van der Waals surface area contributed by atoms with Gasteiger partial charge in [0, 0.05) is 31.2 Å². The van der Waals surface area contributed by atoms with Crippen LogP contribution in [0, 0.1) is 0 Å². The quantitative estimate of drug-likeness (QED) is 0.878. The Morgan fingerprint density at radius 3 is 2.91 bits per heavy atom. The Morgan fingerprint density at radius 1 is 1.36 bits per heavy atom. The molecule has 22 heavy (non-hydrogen) atoms. The Bertz CT molecular complexity index is 505. The Labute approximate surface area is 133 Å². The summed E-state index contributed by atoms with van der Waals surface area (Å²) in [5.74, 6) is 0.151. The SMILES string of the molecule is CC(NC(=O)CC1CCCN1)c1cccc(N2CCCC2)c1. The maximum absolute atomic E-state index is 12.2. The van der Waals surface area contributed by atoms with E-state index in [1.165, 1.54) is 30.5 Å². The van der Waals surface area contributed by atoms with Crippen LogP contribution >= 0.6 is 0 Å². The van der Waals surface area contributed by atoms with Gasteiger partial charge in [-0.15, -0.1) is 0 Å². The van der Waals surface area contributed by atoms with Crippen LogP contribution in [0.3, 0.4) is 0 Å². The van der Waals surface area contributed by atoms with Gasteiger partial charge in [-0.3, -0.25) is 4.79 Å². The standard InChI is InChI=1S/C18H27N3O/c1-14(20-18(22)13-16-7-5-9-19-16)15-6-4-8-17(12-15)21-10-2-3-11-21/h4,6,8,12,14,16,19H,2-3,5,7,9-11,13H2,1H3,(H,20,22). The fraction of sp³-hybridized carbons (Fsp3) is 0.611. The van der Waals surface area contributed by atoms with Crippen molar-refractivity contribution in [1.82, 2.24) is 10.6 Å². The molecule has 2 fully saturated rings. The van der Waals surface area contributed by atoms with E-state index in [0.29, 0.717) is 12.5 Å². The smallest absolute Gasteiger partial charge is 0.222 e. The highest BCUT2D eigenvalue weighted by atomic mass is 16.1. The molecule has 2 aliphatic rings. The highest BCUT2D eigenvalue weighted by molar-refractivity contribution is 5.77. The summed E-state index contributed by atoms with van der Waals surface area (Å²) in [6.07, 6.45) is 5.46. The summed E-state index contributed by atoms with van der Waals surface area (Å²) in [4.78, 5) is 14.6. The first-order valence-electron chi connectivity index (χ1n) is 8.60. The van der Waals surface area contributed by atoms with Gasteiger partial charge in [0.25, 0.3) is 0 Å². The van der Waals surface area contributed by atoms with E-state index in [1.54, 1.807) is 0 Å². The summed E-state index contributed by atoms with van der Waals surface area (Å²) in [7, 11) is 0. The molecule has 1 aromatic carbocycles. The number of hydrogen-bond donors (Lipinski definition) is 2. The largest absolute Gasteiger partial charge is 0.372 e. The molecule has 4 heteroatoms. The summed E-state index contributed by atoms with van der Waals surface area (Å²) in [5, 5.41) is 6.52. The zero-order chi connectivity index (χ0) is 15.4. The molecule has 0 aliphatic carbocycles. The molecule has 120 valence electrons. The molecule has 2 saturated heterocycles. The first-order chi connectivity index (χ1) is 10.7. The van der Waals surface area contributed by atoms with Crippen molar-refractivity contribution in [3.63, 3.8) is 0 Å². The average molecular weight is 301 g/mol. The van der Waals surface area contributed by atoms with Crippen molar-refractivity contribution in [2.75, 3.05) is 24.5 Å². The number of rotatable bonds is 5. The first-order valence-corrected chi connectivity index (χ1v) is 8.60. The van der Waals surface area contributed by atoms with Crippen molar-refractivity contribution in [2.24, 2.45) is 0 Å². The van der Waals surface area contributed by atoms with Gasteiger partial charge in [-0.25, -0.2) is 0 Å². The van der Waals surface area contributed by atoms with Crippen molar-refractivity contribution >= 4 is 11.6 Å². The topological polar surface area (TPSA) is 44.4 Å². The van der Waals surface area contributed by atoms with Gasteiger partial charge in [0.2, 0.25) is 5.91 Å². The van der Waals surface area contributed by atoms with Crippen LogP contribution in [0.2, 0.25) is 0 Å². The van der Waals surface area contributed by atoms with Gasteiger partial charge in [0.1, 0.15) is 0 Å². The van der Waals surface area contributed by atoms with Crippen LogP contribution in [0.1, 0.15) is 50.6 Å². The highest BCUT2D eigenvalue weighted by Crippen LogP contribution is 2.24. The van der Waals surface area contributed by atoms with Crippen LogP contribution in [-0.2, 0) is 4.79 Å². The molecule has 0 spiro atoms. The fourth-order valence-electron chi connectivity index (χ4n) is 3.50. The summed E-state index contributed by atoms with van der Waals surface area (Å²) >= 11 is 0. The Morgan fingerprint density at radius 2 is 2.18 bits per heavy atom. The second-order valence-electron chi connectivity index (χ2n) is 6.58. The number of anilines is 1. The Kier molecular flexibility index (Phi) is 4.98. The molecular weight excluding hydrogens is 274 g/mol. The van der Waals surface area contributed by atoms with Crippen molar-refractivity contribution in [3.05, 3.63) is 29.8 Å². The highest BCUT2D eigenvalue weighted by Gasteiger charge is 2.19. The lowest BCUT2D eigenvalue weighted by molar-refractivity contribution is -0.122. The van der Waals surface area contributed by atoms with E-state index in [0.717, 1.165) is 26.1 Å². The van der Waals surface area contributed by atoms with Crippen LogP contribution in [0.25, 0.3) is 0 Å². The van der Waals surface area contributed by atoms with Gasteiger partial charge in [-0.1, -0.05) is 12.1 Å². The molecule has 0 aromatic heterocycles. The van der Waals surface area contributed by atoms with E-state index in [4.69, 9.17) is 0 Å². The van der Waals surface area contributed by atoms with Crippen LogP contribution in [0.5, 0.6) is 0 Å². The minimum absolute atomic E-state index is 0.0662. The lowest BCUT2D eigenvalue weighted by Gasteiger charge is -2.21. The number of hydrogen-bond acceptors (Lipinski definition) is 3. The van der Waals surface area contributed by atoms with E-state index >= 15 is 0 Å². The van der Waals surface area contributed by atoms with E-state index in [-0.39, 0.29) is 11.9 Å². The van der Waals surface area contributed by atoms with Gasteiger partial charge >= 0.3 is 0 Å². The molecule has 2 N–H and O–H groups in total. The van der Waals surface area contributed by atoms with Crippen LogP contribution in [0.4, 0.5) is 5.69 Å². The van der Waals surface area contributed by atoms with E-state index in [1.807, 2.05) is 0 Å². The molecule has 2 unspecified atom stereocenters. The fourth-order valence-corrected chi connectivity index (χ4v) is 3.50. The third-order valence-electron chi connectivity index (χ3n) is 4.81. The van der Waals surface area contributed by atoms with Crippen molar-refractivity contribution in [3.8, 4) is 0 Å². The van der Waals surface area contributed by atoms with Crippen molar-refractivity contribution in [1.29, 1.82) is 0 Å². The predicted octanol–water partition coefficient (Wildman–Crippen LogP) is 2.61. The molecule has 3 rings (SSSR count). The van der Waals surface area contributed by atoms with Gasteiger partial charge < -0.3 is 15.5 Å². The van der Waals surface area contributed by atoms with Gasteiger partial charge in [0.05, 0.1) is 6.04 Å². The summed E-state index contributed by atoms with van der Waals surface area (Å²) < 4.78 is 0. The normalized spacial score (nSPS) is 22.8. The lowest BCUT2D eigenvalue weighted by Crippen LogP contribution is -2.33. The molecule has 1 amide bonds. The molecular formula is C18H27N3O. The van der Waals surface area contributed by atoms with Gasteiger partial charge in [-0.05, 0) is 56.8 Å². The minimum atomic E-state index is 0.0662. The summed E-state index contributed by atoms with van der Waals surface area (Å²) in [6, 6.07) is 9.04. The number of nitrogens with zero attached hydrogens (tertiary/aromatic N) is 1. The zero-order valence-corrected chi connectivity index (χ0v) is 13.5. The van der Waals surface area contributed by atoms with E-state index in [2.05, 4.69) is 46.7 Å². The first kappa shape index (κ1) is 15.3. The van der Waals surface area contributed by atoms with Crippen molar-refractivity contribution in [2.45, 2.75) is 51.1 Å². The van der Waals surface area contributed by atoms with Crippen LogP contribution < -0.4 is 15.5 Å². The molecule has 4 nitrogen and oxygen atoms in total. The second-order valence-corrected chi connectivity index (χ2v) is 6.58. The number of carbonyl (C=O) groups is 1. The third-order valence-corrected chi connectivity index (χ3v) is 4.81. The van der Waals surface area contributed by atoms with Crippen molar-refractivity contribution < 1.29 is 4.79 Å². The van der Waals surface area contributed by atoms with Gasteiger partial charge in [-0.2, -0.15) is 0 Å². The summed E-state index contributed by atoms with van der Waals surface area (Å²) in [5.41, 5.74) is 2.48. The lowest BCUT2D eigenvalue weighted by atomic mass is 10.1. The molecule has 2 atom stereocenters. The number of amides is 1. The molecule has 2 aliphatic heterocycles. The Balaban J connectivity index is 1.57. The molecule has 1 aromatic rings. The molecule has 0 saturated carbocycles. The maximum Gasteiger partial charge on any atom is 0.222 e. The number of benzene rings is 1.